The van der Waals surface area contributed by atoms with E-state index >= 15 is 0 Å². The second-order valence-corrected chi connectivity index (χ2v) is 6.20. The highest BCUT2D eigenvalue weighted by Gasteiger charge is 2.16. The lowest BCUT2D eigenvalue weighted by atomic mass is 10.1. The van der Waals surface area contributed by atoms with Gasteiger partial charge in [-0.1, -0.05) is 6.92 Å². The lowest BCUT2D eigenvalue weighted by Gasteiger charge is -2.35. The van der Waals surface area contributed by atoms with E-state index in [0.29, 0.717) is 5.82 Å². The van der Waals surface area contributed by atoms with Gasteiger partial charge in [-0.25, -0.2) is 4.98 Å². The van der Waals surface area contributed by atoms with Gasteiger partial charge in [0.25, 0.3) is 5.69 Å². The zero-order chi connectivity index (χ0) is 17.8. The van der Waals surface area contributed by atoms with Gasteiger partial charge in [0.2, 0.25) is 0 Å². The van der Waals surface area contributed by atoms with Crippen molar-refractivity contribution in [3.8, 4) is 0 Å². The first-order valence-corrected chi connectivity index (χ1v) is 8.52. The van der Waals surface area contributed by atoms with Crippen LogP contribution in [-0.2, 0) is 0 Å². The molecule has 25 heavy (non-hydrogen) atoms. The van der Waals surface area contributed by atoms with Crippen molar-refractivity contribution >= 4 is 22.9 Å². The van der Waals surface area contributed by atoms with Crippen LogP contribution in [0.1, 0.15) is 12.5 Å². The lowest BCUT2D eigenvalue weighted by Crippen LogP contribution is -2.46. The van der Waals surface area contributed by atoms with Crippen molar-refractivity contribution in [1.82, 2.24) is 9.88 Å². The van der Waals surface area contributed by atoms with Crippen LogP contribution in [0.4, 0.5) is 22.9 Å². The number of benzene rings is 1. The summed E-state index contributed by atoms with van der Waals surface area (Å²) in [6.45, 7) is 9.66. The molecule has 0 amide bonds. The van der Waals surface area contributed by atoms with Crippen molar-refractivity contribution in [2.24, 2.45) is 0 Å². The molecule has 1 aromatic carbocycles. The summed E-state index contributed by atoms with van der Waals surface area (Å²) in [7, 11) is 0. The first kappa shape index (κ1) is 17.2. The van der Waals surface area contributed by atoms with E-state index in [1.54, 1.807) is 6.07 Å². The van der Waals surface area contributed by atoms with Crippen molar-refractivity contribution in [2.45, 2.75) is 13.8 Å². The van der Waals surface area contributed by atoms with Gasteiger partial charge in [0.15, 0.2) is 0 Å². The zero-order valence-corrected chi connectivity index (χ0v) is 14.6. The molecule has 7 heteroatoms. The van der Waals surface area contributed by atoms with Crippen LogP contribution in [0.25, 0.3) is 0 Å². The third-order valence-electron chi connectivity index (χ3n) is 4.62. The summed E-state index contributed by atoms with van der Waals surface area (Å²) in [5.74, 6) is 0.595. The van der Waals surface area contributed by atoms with Crippen molar-refractivity contribution in [2.75, 3.05) is 42.9 Å². The molecule has 0 aliphatic carbocycles. The lowest BCUT2D eigenvalue weighted by molar-refractivity contribution is -0.385. The summed E-state index contributed by atoms with van der Waals surface area (Å²) in [4.78, 5) is 19.2. The molecule has 1 N–H and O–H groups in total. The molecule has 1 aliphatic rings. The van der Waals surface area contributed by atoms with Gasteiger partial charge in [0, 0.05) is 43.6 Å². The average Bonchev–Trinajstić information content (AvgIpc) is 2.64. The topological polar surface area (TPSA) is 74.5 Å². The minimum atomic E-state index is -0.449. The van der Waals surface area contributed by atoms with Gasteiger partial charge in [-0.2, -0.15) is 0 Å². The number of nitrogens with zero attached hydrogens (tertiary/aromatic N) is 4. The van der Waals surface area contributed by atoms with E-state index in [0.717, 1.165) is 44.0 Å². The Hall–Kier alpha value is -2.67. The molecule has 1 saturated heterocycles. The second-order valence-electron chi connectivity index (χ2n) is 6.20. The molecule has 7 nitrogen and oxygen atoms in total. The molecular weight excluding hydrogens is 318 g/mol. The number of hydrogen-bond acceptors (Lipinski definition) is 6. The Balaban J connectivity index is 1.68. The highest BCUT2D eigenvalue weighted by atomic mass is 16.6. The van der Waals surface area contributed by atoms with Crippen LogP contribution in [0.2, 0.25) is 0 Å². The Morgan fingerprint density at radius 3 is 2.52 bits per heavy atom. The standard InChI is InChI=1S/C18H23N5O2/c1-3-21-8-10-22(11-9-21)15-4-6-17(14(2)12-15)20-18-7-5-16(13-19-18)23(24)25/h4-7,12-13H,3,8-11H2,1-2H3,(H,19,20). The summed E-state index contributed by atoms with van der Waals surface area (Å²) in [6, 6.07) is 9.40. The fourth-order valence-electron chi connectivity index (χ4n) is 3.01. The first-order chi connectivity index (χ1) is 12.1. The number of piperazine rings is 1. The van der Waals surface area contributed by atoms with Crippen LogP contribution in [0.3, 0.4) is 0 Å². The maximum atomic E-state index is 10.7. The van der Waals surface area contributed by atoms with Gasteiger partial charge in [-0.15, -0.1) is 0 Å². The SMILES string of the molecule is CCN1CCN(c2ccc(Nc3ccc([N+](=O)[O-])cn3)c(C)c2)CC1. The van der Waals surface area contributed by atoms with E-state index < -0.39 is 4.92 Å². The summed E-state index contributed by atoms with van der Waals surface area (Å²) >= 11 is 0. The van der Waals surface area contributed by atoms with E-state index in [2.05, 4.69) is 46.1 Å². The smallest absolute Gasteiger partial charge is 0.287 e. The van der Waals surface area contributed by atoms with Gasteiger partial charge in [-0.05, 0) is 43.3 Å². The normalized spacial score (nSPS) is 15.2. The number of pyridine rings is 1. The van der Waals surface area contributed by atoms with E-state index in [1.807, 2.05) is 6.07 Å². The first-order valence-electron chi connectivity index (χ1n) is 8.52. The number of nitrogens with one attached hydrogen (secondary N) is 1. The van der Waals surface area contributed by atoms with Gasteiger partial charge < -0.3 is 15.1 Å². The molecule has 0 unspecified atom stereocenters. The molecule has 0 atom stereocenters. The Morgan fingerprint density at radius 1 is 1.20 bits per heavy atom. The molecule has 0 spiro atoms. The van der Waals surface area contributed by atoms with Crippen molar-refractivity contribution in [3.63, 3.8) is 0 Å². The fourth-order valence-corrected chi connectivity index (χ4v) is 3.01. The summed E-state index contributed by atoms with van der Waals surface area (Å²) < 4.78 is 0. The Bertz CT molecular complexity index is 740. The Kier molecular flexibility index (Phi) is 5.14. The monoisotopic (exact) mass is 341 g/mol. The van der Waals surface area contributed by atoms with E-state index in [1.165, 1.54) is 18.0 Å². The highest BCUT2D eigenvalue weighted by molar-refractivity contribution is 5.65. The van der Waals surface area contributed by atoms with Crippen LogP contribution in [0, 0.1) is 17.0 Å². The highest BCUT2D eigenvalue weighted by Crippen LogP contribution is 2.26. The molecule has 2 heterocycles. The van der Waals surface area contributed by atoms with E-state index in [9.17, 15) is 10.1 Å². The van der Waals surface area contributed by atoms with Crippen LogP contribution < -0.4 is 10.2 Å². The summed E-state index contributed by atoms with van der Waals surface area (Å²) in [6.07, 6.45) is 1.26. The molecule has 2 aromatic rings. The van der Waals surface area contributed by atoms with E-state index in [-0.39, 0.29) is 5.69 Å². The van der Waals surface area contributed by atoms with Crippen molar-refractivity contribution in [3.05, 3.63) is 52.2 Å². The number of likely N-dealkylation sites (N-methyl/N-ethyl adjacent to an activating group) is 1. The molecule has 0 radical (unpaired) electrons. The van der Waals surface area contributed by atoms with Gasteiger partial charge in [0.1, 0.15) is 12.0 Å². The number of aromatic nitrogens is 1. The fraction of sp³-hybridized carbons (Fsp3) is 0.389. The van der Waals surface area contributed by atoms with Crippen LogP contribution in [0.15, 0.2) is 36.5 Å². The Labute approximate surface area is 147 Å². The van der Waals surface area contributed by atoms with Crippen molar-refractivity contribution < 1.29 is 4.92 Å². The molecule has 132 valence electrons. The van der Waals surface area contributed by atoms with Crippen molar-refractivity contribution in [1.29, 1.82) is 0 Å². The molecule has 0 bridgehead atoms. The minimum Gasteiger partial charge on any atom is -0.369 e. The molecule has 0 saturated carbocycles. The zero-order valence-electron chi connectivity index (χ0n) is 14.6. The molecule has 1 aromatic heterocycles. The molecular formula is C18H23N5O2. The third-order valence-corrected chi connectivity index (χ3v) is 4.62. The second kappa shape index (κ2) is 7.48. The number of aryl methyl sites for hydroxylation is 1. The van der Waals surface area contributed by atoms with Crippen LogP contribution >= 0.6 is 0 Å². The predicted octanol–water partition coefficient (Wildman–Crippen LogP) is 3.18. The molecule has 3 rings (SSSR count). The maximum Gasteiger partial charge on any atom is 0.287 e. The van der Waals surface area contributed by atoms with Gasteiger partial charge >= 0.3 is 0 Å². The van der Waals surface area contributed by atoms with Crippen LogP contribution in [0.5, 0.6) is 0 Å². The Morgan fingerprint density at radius 2 is 1.96 bits per heavy atom. The minimum absolute atomic E-state index is 0.0103. The van der Waals surface area contributed by atoms with E-state index in [4.69, 9.17) is 0 Å². The third kappa shape index (κ3) is 4.06. The number of nitro groups is 1. The quantitative estimate of drug-likeness (QED) is 0.665. The number of anilines is 3. The maximum absolute atomic E-state index is 10.7. The summed E-state index contributed by atoms with van der Waals surface area (Å²) in [5, 5.41) is 13.9. The number of hydrogen-bond donors (Lipinski definition) is 1. The average molecular weight is 341 g/mol. The van der Waals surface area contributed by atoms with Crippen LogP contribution in [-0.4, -0.2) is 47.5 Å². The number of rotatable bonds is 5. The molecule has 1 aliphatic heterocycles. The van der Waals surface area contributed by atoms with Gasteiger partial charge in [0.05, 0.1) is 4.92 Å². The van der Waals surface area contributed by atoms with Gasteiger partial charge in [-0.3, -0.25) is 10.1 Å². The summed E-state index contributed by atoms with van der Waals surface area (Å²) in [5.41, 5.74) is 3.30. The molecule has 1 fully saturated rings. The predicted molar refractivity (Wildman–Crippen MR) is 99.7 cm³/mol. The largest absolute Gasteiger partial charge is 0.369 e.